The van der Waals surface area contributed by atoms with E-state index in [0.717, 1.165) is 24.2 Å². The van der Waals surface area contributed by atoms with Gasteiger partial charge in [0, 0.05) is 25.9 Å². The van der Waals surface area contributed by atoms with Crippen LogP contribution in [0.4, 0.5) is 0 Å². The molecule has 0 N–H and O–H groups in total. The van der Waals surface area contributed by atoms with Crippen LogP contribution in [-0.4, -0.2) is 31.5 Å². The average Bonchev–Trinajstić information content (AvgIpc) is 2.41. The molecule has 0 aliphatic carbocycles. The summed E-state index contributed by atoms with van der Waals surface area (Å²) in [6.07, 6.45) is 6.83. The van der Waals surface area contributed by atoms with Gasteiger partial charge in [0.2, 0.25) is 0 Å². The molecule has 17 heavy (non-hydrogen) atoms. The van der Waals surface area contributed by atoms with Crippen molar-refractivity contribution in [3.05, 3.63) is 35.7 Å². The first-order chi connectivity index (χ1) is 8.40. The highest BCUT2D eigenvalue weighted by molar-refractivity contribution is 5.81. The molecule has 0 atom stereocenters. The number of dihydropyridines is 1. The molecule has 0 saturated heterocycles. The molecule has 0 fully saturated rings. The van der Waals surface area contributed by atoms with Crippen LogP contribution in [0.5, 0.6) is 0 Å². The molecule has 0 bridgehead atoms. The summed E-state index contributed by atoms with van der Waals surface area (Å²) >= 11 is 0. The number of allylic oxidation sites excluding steroid dienone is 1. The largest absolute Gasteiger partial charge is 0.372 e. The maximum Gasteiger partial charge on any atom is 0.113 e. The van der Waals surface area contributed by atoms with Gasteiger partial charge in [-0.05, 0) is 23.1 Å². The Morgan fingerprint density at radius 2 is 2.35 bits per heavy atom. The van der Waals surface area contributed by atoms with Crippen LogP contribution in [0.25, 0.3) is 5.57 Å². The molecule has 3 heteroatoms. The average molecular weight is 226 g/mol. The number of aromatic nitrogens is 1. The van der Waals surface area contributed by atoms with Crippen molar-refractivity contribution in [3.63, 3.8) is 0 Å². The molecule has 0 aromatic carbocycles. The van der Waals surface area contributed by atoms with Gasteiger partial charge in [-0.1, -0.05) is 18.1 Å². The Balaban J connectivity index is 2.08. The number of nitrogens with zero attached hydrogens (tertiary/aromatic N) is 2. The van der Waals surface area contributed by atoms with Gasteiger partial charge in [-0.15, -0.1) is 0 Å². The third kappa shape index (κ3) is 3.27. The maximum atomic E-state index is 4.86. The molecule has 3 nitrogen and oxygen atoms in total. The van der Waals surface area contributed by atoms with Gasteiger partial charge in [0.05, 0.1) is 6.54 Å². The van der Waals surface area contributed by atoms with Gasteiger partial charge in [-0.25, -0.2) is 4.98 Å². The van der Waals surface area contributed by atoms with Crippen LogP contribution in [0.2, 0.25) is 0 Å². The number of hydrogen-bond acceptors (Lipinski definition) is 3. The molecule has 86 valence electrons. The van der Waals surface area contributed by atoms with E-state index >= 15 is 0 Å². The maximum absolute atomic E-state index is 4.86. The molecule has 1 aromatic rings. The van der Waals surface area contributed by atoms with E-state index in [-0.39, 0.29) is 0 Å². The lowest BCUT2D eigenvalue weighted by Crippen LogP contribution is -1.95. The summed E-state index contributed by atoms with van der Waals surface area (Å²) in [4.78, 5) is 8.47. The highest BCUT2D eigenvalue weighted by atomic mass is 16.5. The molecule has 0 unspecified atom stereocenters. The first-order valence-electron chi connectivity index (χ1n) is 5.51. The standard InChI is InChI=1S/C14H14N2O/c1-17-10-2-3-14-5-4-13(11-16-14)12-6-8-15-9-7-12/h4-6,9,11H,7-8,10H2,1H3. The van der Waals surface area contributed by atoms with Gasteiger partial charge in [0.25, 0.3) is 0 Å². The number of pyridine rings is 1. The topological polar surface area (TPSA) is 34.5 Å². The zero-order valence-corrected chi connectivity index (χ0v) is 9.81. The Bertz CT molecular complexity index is 489. The van der Waals surface area contributed by atoms with E-state index in [9.17, 15) is 0 Å². The summed E-state index contributed by atoms with van der Waals surface area (Å²) in [5.74, 6) is 5.82. The van der Waals surface area contributed by atoms with Crippen molar-refractivity contribution < 1.29 is 4.74 Å². The Kier molecular flexibility index (Phi) is 4.06. The highest BCUT2D eigenvalue weighted by Gasteiger charge is 2.03. The Morgan fingerprint density at radius 3 is 3.00 bits per heavy atom. The van der Waals surface area contributed by atoms with Crippen molar-refractivity contribution in [1.82, 2.24) is 4.98 Å². The van der Waals surface area contributed by atoms with Gasteiger partial charge in [-0.3, -0.25) is 4.99 Å². The third-order valence-electron chi connectivity index (χ3n) is 2.45. The van der Waals surface area contributed by atoms with Crippen LogP contribution in [0.15, 0.2) is 29.4 Å². The number of rotatable bonds is 2. The van der Waals surface area contributed by atoms with Crippen LogP contribution in [-0.2, 0) is 4.74 Å². The van der Waals surface area contributed by atoms with Crippen LogP contribution in [0.3, 0.4) is 0 Å². The first-order valence-corrected chi connectivity index (χ1v) is 5.51. The summed E-state index contributed by atoms with van der Waals surface area (Å²) < 4.78 is 4.86. The molecule has 1 aliphatic heterocycles. The van der Waals surface area contributed by atoms with Gasteiger partial charge in [0.1, 0.15) is 12.3 Å². The predicted octanol–water partition coefficient (Wildman–Crippen LogP) is 1.94. The smallest absolute Gasteiger partial charge is 0.113 e. The van der Waals surface area contributed by atoms with Gasteiger partial charge in [-0.2, -0.15) is 0 Å². The second kappa shape index (κ2) is 5.97. The number of hydrogen-bond donors (Lipinski definition) is 0. The molecule has 1 aliphatic rings. The monoisotopic (exact) mass is 226 g/mol. The second-order valence-corrected chi connectivity index (χ2v) is 3.65. The lowest BCUT2D eigenvalue weighted by Gasteiger charge is -2.07. The van der Waals surface area contributed by atoms with Gasteiger partial charge >= 0.3 is 0 Å². The minimum absolute atomic E-state index is 0.436. The van der Waals surface area contributed by atoms with Crippen molar-refractivity contribution in [2.75, 3.05) is 20.3 Å². The third-order valence-corrected chi connectivity index (χ3v) is 2.45. The molecule has 2 rings (SSSR count). The van der Waals surface area contributed by atoms with E-state index in [1.807, 2.05) is 18.5 Å². The van der Waals surface area contributed by atoms with Crippen molar-refractivity contribution >= 4 is 11.8 Å². The van der Waals surface area contributed by atoms with Gasteiger partial charge < -0.3 is 4.74 Å². The number of ether oxygens (including phenoxy) is 1. The van der Waals surface area contributed by atoms with E-state index in [4.69, 9.17) is 4.74 Å². The fourth-order valence-electron chi connectivity index (χ4n) is 1.58. The zero-order chi connectivity index (χ0) is 11.9. The molecule has 0 radical (unpaired) electrons. The summed E-state index contributed by atoms with van der Waals surface area (Å²) in [6.45, 7) is 1.20. The first kappa shape index (κ1) is 11.6. The Hall–Kier alpha value is -1.92. The van der Waals surface area contributed by atoms with E-state index in [0.29, 0.717) is 6.61 Å². The minimum atomic E-state index is 0.436. The summed E-state index contributed by atoms with van der Waals surface area (Å²) in [6, 6.07) is 3.99. The minimum Gasteiger partial charge on any atom is -0.372 e. The van der Waals surface area contributed by atoms with Crippen molar-refractivity contribution in [2.45, 2.75) is 6.42 Å². The lowest BCUT2D eigenvalue weighted by molar-refractivity contribution is 0.240. The second-order valence-electron chi connectivity index (χ2n) is 3.65. The number of methoxy groups -OCH3 is 1. The van der Waals surface area contributed by atoms with Crippen LogP contribution >= 0.6 is 0 Å². The molecule has 2 heterocycles. The fraction of sp³-hybridized carbons (Fsp3) is 0.286. The van der Waals surface area contributed by atoms with Crippen molar-refractivity contribution in [3.8, 4) is 11.8 Å². The van der Waals surface area contributed by atoms with Crippen LogP contribution in [0, 0.1) is 11.8 Å². The molecular weight excluding hydrogens is 212 g/mol. The summed E-state index contributed by atoms with van der Waals surface area (Å²) in [5, 5.41) is 0. The molecule has 0 saturated carbocycles. The van der Waals surface area contributed by atoms with Crippen LogP contribution < -0.4 is 0 Å². The Morgan fingerprint density at radius 1 is 1.41 bits per heavy atom. The predicted molar refractivity (Wildman–Crippen MR) is 68.9 cm³/mol. The van der Waals surface area contributed by atoms with E-state index in [2.05, 4.69) is 34.0 Å². The summed E-state index contributed by atoms with van der Waals surface area (Å²) in [5.41, 5.74) is 3.20. The Labute approximate surface area is 101 Å². The van der Waals surface area contributed by atoms with Gasteiger partial charge in [0.15, 0.2) is 0 Å². The molecule has 0 spiro atoms. The van der Waals surface area contributed by atoms with Crippen molar-refractivity contribution in [2.24, 2.45) is 4.99 Å². The van der Waals surface area contributed by atoms with Crippen molar-refractivity contribution in [1.29, 1.82) is 0 Å². The lowest BCUT2D eigenvalue weighted by atomic mass is 10.0. The molecular formula is C14H14N2O. The summed E-state index contributed by atoms with van der Waals surface area (Å²) in [7, 11) is 1.63. The number of aliphatic imine (C=N–C) groups is 1. The van der Waals surface area contributed by atoms with E-state index < -0.39 is 0 Å². The van der Waals surface area contributed by atoms with E-state index in [1.54, 1.807) is 7.11 Å². The van der Waals surface area contributed by atoms with Crippen LogP contribution in [0.1, 0.15) is 17.7 Å². The van der Waals surface area contributed by atoms with E-state index in [1.165, 1.54) is 5.57 Å². The fourth-order valence-corrected chi connectivity index (χ4v) is 1.58. The zero-order valence-electron chi connectivity index (χ0n) is 9.81. The SMILES string of the molecule is COCC#Cc1ccc(C2=CCN=CC2)cn1. The normalized spacial score (nSPS) is 13.8. The highest BCUT2D eigenvalue weighted by Crippen LogP contribution is 2.18. The quantitative estimate of drug-likeness (QED) is 0.722. The molecule has 0 amide bonds. The molecule has 1 aromatic heterocycles.